The number of furan rings is 1. The van der Waals surface area contributed by atoms with Crippen molar-refractivity contribution in [1.29, 1.82) is 0 Å². The second-order valence-corrected chi connectivity index (χ2v) is 8.09. The summed E-state index contributed by atoms with van der Waals surface area (Å²) in [5, 5.41) is 19.8. The van der Waals surface area contributed by atoms with E-state index in [0.717, 1.165) is 30.8 Å². The van der Waals surface area contributed by atoms with E-state index in [1.807, 2.05) is 12.1 Å². The van der Waals surface area contributed by atoms with Gasteiger partial charge in [-0.2, -0.15) is 0 Å². The minimum absolute atomic E-state index is 0.0224. The standard InChI is InChI=1S/C23H30O5/c1-3-15-4-5-16(10-14(15)2)26-13-19-18-7-9-22(28-23(18)11-20(19)25)21-8-6-17(12-24)27-21/h4-6,8,10,18-20,22-25H,3,7,9,11-13H2,1-2H3/t18-,19-,20+,22-,23+/m1/s1. The Bertz CT molecular complexity index is 798. The van der Waals surface area contributed by atoms with Crippen LogP contribution in [-0.4, -0.2) is 29.0 Å². The first-order chi connectivity index (χ1) is 13.6. The van der Waals surface area contributed by atoms with E-state index in [4.69, 9.17) is 13.9 Å². The number of aliphatic hydroxyl groups excluding tert-OH is 2. The molecule has 0 unspecified atom stereocenters. The van der Waals surface area contributed by atoms with E-state index >= 15 is 0 Å². The van der Waals surface area contributed by atoms with Crippen LogP contribution in [0.5, 0.6) is 5.75 Å². The normalized spacial score (nSPS) is 29.6. The van der Waals surface area contributed by atoms with Crippen molar-refractivity contribution in [2.75, 3.05) is 6.61 Å². The zero-order chi connectivity index (χ0) is 19.7. The minimum Gasteiger partial charge on any atom is -0.493 e. The van der Waals surface area contributed by atoms with Crippen LogP contribution in [0.2, 0.25) is 0 Å². The van der Waals surface area contributed by atoms with Crippen molar-refractivity contribution in [2.24, 2.45) is 11.8 Å². The Morgan fingerprint density at radius 2 is 2.04 bits per heavy atom. The van der Waals surface area contributed by atoms with Crippen LogP contribution in [0.3, 0.4) is 0 Å². The zero-order valence-electron chi connectivity index (χ0n) is 16.6. The Hall–Kier alpha value is -1.82. The molecule has 1 aliphatic carbocycles. The quantitative estimate of drug-likeness (QED) is 0.787. The fourth-order valence-electron chi connectivity index (χ4n) is 4.77. The van der Waals surface area contributed by atoms with Gasteiger partial charge in [-0.15, -0.1) is 0 Å². The average Bonchev–Trinajstić information content (AvgIpc) is 3.29. The molecule has 1 aliphatic heterocycles. The van der Waals surface area contributed by atoms with Crippen molar-refractivity contribution in [1.82, 2.24) is 0 Å². The second-order valence-electron chi connectivity index (χ2n) is 8.09. The molecule has 1 saturated carbocycles. The predicted molar refractivity (Wildman–Crippen MR) is 105 cm³/mol. The molecule has 1 aromatic heterocycles. The number of aryl methyl sites for hydroxylation is 2. The smallest absolute Gasteiger partial charge is 0.133 e. The molecule has 2 fully saturated rings. The van der Waals surface area contributed by atoms with Crippen LogP contribution in [0.4, 0.5) is 0 Å². The molecule has 0 bridgehead atoms. The van der Waals surface area contributed by atoms with Crippen LogP contribution in [0.1, 0.15) is 54.9 Å². The number of ether oxygens (including phenoxy) is 2. The summed E-state index contributed by atoms with van der Waals surface area (Å²) in [5.74, 6) is 2.58. The van der Waals surface area contributed by atoms with Crippen LogP contribution in [-0.2, 0) is 17.8 Å². The lowest BCUT2D eigenvalue weighted by Crippen LogP contribution is -2.33. The number of benzene rings is 1. The third kappa shape index (κ3) is 3.84. The summed E-state index contributed by atoms with van der Waals surface area (Å²) < 4.78 is 18.0. The fraction of sp³-hybridized carbons (Fsp3) is 0.565. The van der Waals surface area contributed by atoms with E-state index in [0.29, 0.717) is 24.7 Å². The monoisotopic (exact) mass is 386 g/mol. The van der Waals surface area contributed by atoms with Crippen molar-refractivity contribution >= 4 is 0 Å². The molecular weight excluding hydrogens is 356 g/mol. The van der Waals surface area contributed by atoms with E-state index in [2.05, 4.69) is 26.0 Å². The largest absolute Gasteiger partial charge is 0.493 e. The first-order valence-electron chi connectivity index (χ1n) is 10.3. The Kier molecular flexibility index (Phi) is 5.76. The summed E-state index contributed by atoms with van der Waals surface area (Å²) in [5.41, 5.74) is 2.58. The Labute approximate surface area is 166 Å². The second kappa shape index (κ2) is 8.27. The van der Waals surface area contributed by atoms with E-state index in [9.17, 15) is 10.2 Å². The molecular formula is C23H30O5. The molecule has 0 amide bonds. The summed E-state index contributed by atoms with van der Waals surface area (Å²) in [6, 6.07) is 9.90. The number of aliphatic hydroxyl groups is 2. The number of hydrogen-bond acceptors (Lipinski definition) is 5. The van der Waals surface area contributed by atoms with Crippen molar-refractivity contribution < 1.29 is 24.1 Å². The first kappa shape index (κ1) is 19.5. The van der Waals surface area contributed by atoms with Gasteiger partial charge in [0.1, 0.15) is 30.0 Å². The number of hydrogen-bond donors (Lipinski definition) is 2. The van der Waals surface area contributed by atoms with Gasteiger partial charge in [-0.3, -0.25) is 0 Å². The highest BCUT2D eigenvalue weighted by Crippen LogP contribution is 2.46. The van der Waals surface area contributed by atoms with Crippen LogP contribution >= 0.6 is 0 Å². The molecule has 28 heavy (non-hydrogen) atoms. The molecule has 0 spiro atoms. The highest BCUT2D eigenvalue weighted by molar-refractivity contribution is 5.34. The Morgan fingerprint density at radius 3 is 2.75 bits per heavy atom. The van der Waals surface area contributed by atoms with Crippen LogP contribution < -0.4 is 4.74 Å². The maximum atomic E-state index is 10.6. The molecule has 1 aromatic carbocycles. The van der Waals surface area contributed by atoms with Crippen molar-refractivity contribution in [3.63, 3.8) is 0 Å². The Morgan fingerprint density at radius 1 is 1.18 bits per heavy atom. The van der Waals surface area contributed by atoms with Crippen molar-refractivity contribution in [2.45, 2.75) is 64.4 Å². The van der Waals surface area contributed by atoms with Gasteiger partial charge in [0.15, 0.2) is 0 Å². The predicted octanol–water partition coefficient (Wildman–Crippen LogP) is 3.94. The lowest BCUT2D eigenvalue weighted by molar-refractivity contribution is -0.0894. The molecule has 2 aromatic rings. The number of rotatable bonds is 6. The van der Waals surface area contributed by atoms with Gasteiger partial charge in [0, 0.05) is 12.3 Å². The summed E-state index contributed by atoms with van der Waals surface area (Å²) >= 11 is 0. The summed E-state index contributed by atoms with van der Waals surface area (Å²) in [4.78, 5) is 0. The van der Waals surface area contributed by atoms with E-state index in [-0.39, 0.29) is 24.7 Å². The van der Waals surface area contributed by atoms with E-state index < -0.39 is 6.10 Å². The molecule has 4 rings (SSSR count). The molecule has 5 nitrogen and oxygen atoms in total. The van der Waals surface area contributed by atoms with Crippen molar-refractivity contribution in [3.8, 4) is 5.75 Å². The third-order valence-electron chi connectivity index (χ3n) is 6.39. The van der Waals surface area contributed by atoms with Gasteiger partial charge < -0.3 is 24.1 Å². The topological polar surface area (TPSA) is 72.1 Å². The molecule has 0 radical (unpaired) electrons. The molecule has 5 atom stereocenters. The molecule has 2 heterocycles. The molecule has 152 valence electrons. The molecule has 1 saturated heterocycles. The maximum absolute atomic E-state index is 10.6. The van der Waals surface area contributed by atoms with Gasteiger partial charge in [-0.25, -0.2) is 0 Å². The fourth-order valence-corrected chi connectivity index (χ4v) is 4.77. The molecule has 2 N–H and O–H groups in total. The van der Waals surface area contributed by atoms with Crippen molar-refractivity contribution in [3.05, 3.63) is 53.0 Å². The maximum Gasteiger partial charge on any atom is 0.133 e. The van der Waals surface area contributed by atoms with E-state index in [1.54, 1.807) is 6.07 Å². The molecule has 2 aliphatic rings. The van der Waals surface area contributed by atoms with Gasteiger partial charge in [0.05, 0.1) is 18.8 Å². The minimum atomic E-state index is -0.408. The average molecular weight is 386 g/mol. The van der Waals surface area contributed by atoms with Crippen LogP contribution in [0.25, 0.3) is 0 Å². The van der Waals surface area contributed by atoms with Gasteiger partial charge in [-0.1, -0.05) is 13.0 Å². The third-order valence-corrected chi connectivity index (χ3v) is 6.39. The summed E-state index contributed by atoms with van der Waals surface area (Å²) in [6.07, 6.45) is 3.00. The summed E-state index contributed by atoms with van der Waals surface area (Å²) in [7, 11) is 0. The lowest BCUT2D eigenvalue weighted by atomic mass is 9.86. The molecule has 5 heteroatoms. The zero-order valence-corrected chi connectivity index (χ0v) is 16.6. The summed E-state index contributed by atoms with van der Waals surface area (Å²) in [6.45, 7) is 4.67. The first-order valence-corrected chi connectivity index (χ1v) is 10.3. The highest BCUT2D eigenvalue weighted by atomic mass is 16.5. The lowest BCUT2D eigenvalue weighted by Gasteiger charge is -2.33. The number of fused-ring (bicyclic) bond motifs is 1. The van der Waals surface area contributed by atoms with Crippen LogP contribution in [0.15, 0.2) is 34.7 Å². The van der Waals surface area contributed by atoms with Gasteiger partial charge in [-0.05, 0) is 67.5 Å². The van der Waals surface area contributed by atoms with Crippen LogP contribution in [0, 0.1) is 18.8 Å². The Balaban J connectivity index is 1.37. The van der Waals surface area contributed by atoms with E-state index in [1.165, 1.54) is 11.1 Å². The highest BCUT2D eigenvalue weighted by Gasteiger charge is 2.47. The van der Waals surface area contributed by atoms with Gasteiger partial charge >= 0.3 is 0 Å². The van der Waals surface area contributed by atoms with Gasteiger partial charge in [0.2, 0.25) is 0 Å². The van der Waals surface area contributed by atoms with Gasteiger partial charge in [0.25, 0.3) is 0 Å². The SMILES string of the molecule is CCc1ccc(OC[C@@H]2[C@H]3CC[C@H](c4ccc(CO)o4)O[C@H]3C[C@@H]2O)cc1C.